The summed E-state index contributed by atoms with van der Waals surface area (Å²) in [7, 11) is 0. The molecule has 1 aliphatic carbocycles. The molecule has 0 radical (unpaired) electrons. The molecule has 6 atom stereocenters. The molecule has 3 saturated heterocycles. The molecule has 0 aromatic heterocycles. The summed E-state index contributed by atoms with van der Waals surface area (Å²) < 4.78 is 6.00. The second-order valence-corrected chi connectivity index (χ2v) is 7.13. The molecule has 4 heteroatoms. The lowest BCUT2D eigenvalue weighted by Gasteiger charge is -2.53. The fraction of sp³-hybridized carbons (Fsp3) is 0.875. The van der Waals surface area contributed by atoms with E-state index < -0.39 is 11.4 Å². The van der Waals surface area contributed by atoms with Crippen LogP contribution < -0.4 is 0 Å². The molecule has 4 fully saturated rings. The normalized spacial score (nSPS) is 49.2. The number of ether oxygens (including phenoxy) is 1. The van der Waals surface area contributed by atoms with Crippen LogP contribution in [0, 0.1) is 23.7 Å². The minimum atomic E-state index is -0.605. The van der Waals surface area contributed by atoms with E-state index in [1.54, 1.807) is 0 Å². The van der Waals surface area contributed by atoms with E-state index in [9.17, 15) is 5.11 Å². The maximum absolute atomic E-state index is 9.84. The molecule has 1 saturated carbocycles. The van der Waals surface area contributed by atoms with Gasteiger partial charge in [0.15, 0.2) is 5.79 Å². The summed E-state index contributed by atoms with van der Waals surface area (Å²) in [5.41, 5.74) is -0.432. The van der Waals surface area contributed by atoms with Gasteiger partial charge >= 0.3 is 0 Å². The van der Waals surface area contributed by atoms with Crippen molar-refractivity contribution in [2.75, 3.05) is 6.61 Å². The summed E-state index contributed by atoms with van der Waals surface area (Å²) >= 11 is 0. The quantitative estimate of drug-likeness (QED) is 0.621. The van der Waals surface area contributed by atoms with Crippen LogP contribution in [0.3, 0.4) is 0 Å². The molecule has 4 aliphatic rings. The number of hydrogen-bond donors (Lipinski definition) is 1. The summed E-state index contributed by atoms with van der Waals surface area (Å²) in [6, 6.07) is 0. The zero-order valence-electron chi connectivity index (χ0n) is 12.7. The Labute approximate surface area is 121 Å². The van der Waals surface area contributed by atoms with Crippen molar-refractivity contribution in [1.82, 2.24) is 0 Å². The first-order chi connectivity index (χ1) is 9.38. The third-order valence-corrected chi connectivity index (χ3v) is 5.89. The van der Waals surface area contributed by atoms with Gasteiger partial charge in [-0.15, -0.1) is 0 Å². The van der Waals surface area contributed by atoms with Crippen molar-refractivity contribution in [2.24, 2.45) is 23.7 Å². The fourth-order valence-electron chi connectivity index (χ4n) is 4.43. The van der Waals surface area contributed by atoms with Crippen LogP contribution in [-0.2, 0) is 14.5 Å². The Hall–Kier alpha value is -0.580. The highest BCUT2D eigenvalue weighted by atomic mass is 17.2. The second kappa shape index (κ2) is 4.72. The van der Waals surface area contributed by atoms with E-state index in [1.165, 1.54) is 0 Å². The van der Waals surface area contributed by atoms with Gasteiger partial charge in [0.05, 0.1) is 12.4 Å². The molecule has 1 N–H and O–H groups in total. The van der Waals surface area contributed by atoms with Gasteiger partial charge in [0.2, 0.25) is 0 Å². The topological polar surface area (TPSA) is 47.9 Å². The Bertz CT molecular complexity index is 397. The summed E-state index contributed by atoms with van der Waals surface area (Å²) in [6.07, 6.45) is 4.10. The van der Waals surface area contributed by atoms with Gasteiger partial charge in [-0.05, 0) is 38.0 Å². The highest BCUT2D eigenvalue weighted by Crippen LogP contribution is 2.55. The molecule has 1 spiro atoms. The zero-order valence-corrected chi connectivity index (χ0v) is 12.7. The SMILES string of the molecule is C=C(O)[C@H](C)[C@@H]1CC[C@@H](C)[C@@H]2CCC3(C)OC[C@@]21OO3. The third-order valence-electron chi connectivity index (χ3n) is 5.89. The largest absolute Gasteiger partial charge is 0.513 e. The predicted octanol–water partition coefficient (Wildman–Crippen LogP) is 3.58. The van der Waals surface area contributed by atoms with Gasteiger partial charge in [0, 0.05) is 18.3 Å². The highest BCUT2D eigenvalue weighted by molar-refractivity contribution is 5.07. The lowest BCUT2D eigenvalue weighted by molar-refractivity contribution is -0.517. The Morgan fingerprint density at radius 3 is 2.65 bits per heavy atom. The Morgan fingerprint density at radius 1 is 1.30 bits per heavy atom. The number of fused-ring (bicyclic) bond motifs is 3. The van der Waals surface area contributed by atoms with Gasteiger partial charge < -0.3 is 9.84 Å². The Morgan fingerprint density at radius 2 is 2.05 bits per heavy atom. The molecule has 20 heavy (non-hydrogen) atoms. The lowest BCUT2D eigenvalue weighted by atomic mass is 9.59. The van der Waals surface area contributed by atoms with Crippen LogP contribution in [0.4, 0.5) is 0 Å². The van der Waals surface area contributed by atoms with Crippen LogP contribution in [0.15, 0.2) is 12.3 Å². The van der Waals surface area contributed by atoms with Crippen LogP contribution in [0.5, 0.6) is 0 Å². The summed E-state index contributed by atoms with van der Waals surface area (Å²) in [6.45, 7) is 10.5. The minimum absolute atomic E-state index is 0.000318. The van der Waals surface area contributed by atoms with Crippen molar-refractivity contribution in [1.29, 1.82) is 0 Å². The van der Waals surface area contributed by atoms with Crippen molar-refractivity contribution in [3.05, 3.63) is 12.3 Å². The Kier molecular flexibility index (Phi) is 3.39. The van der Waals surface area contributed by atoms with Crippen LogP contribution in [0.2, 0.25) is 0 Å². The van der Waals surface area contributed by atoms with E-state index in [2.05, 4.69) is 13.5 Å². The summed E-state index contributed by atoms with van der Waals surface area (Å²) in [5.74, 6) is 0.847. The molecule has 4 nitrogen and oxygen atoms in total. The van der Waals surface area contributed by atoms with Crippen LogP contribution in [0.25, 0.3) is 0 Å². The second-order valence-electron chi connectivity index (χ2n) is 7.13. The van der Waals surface area contributed by atoms with Crippen molar-refractivity contribution in [2.45, 2.75) is 57.8 Å². The molecule has 114 valence electrons. The standard InChI is InChI=1S/C16H26O4/c1-10-5-6-14(11(2)12(3)17)16-9-18-15(4,19-20-16)8-7-13(10)16/h10-11,13-14,17H,3,5-9H2,1-2,4H3/t10-,11+,13+,14+,15?,16-/m1/s1. The maximum Gasteiger partial charge on any atom is 0.198 e. The van der Waals surface area contributed by atoms with Gasteiger partial charge in [0.1, 0.15) is 5.60 Å². The van der Waals surface area contributed by atoms with Gasteiger partial charge in [-0.2, -0.15) is 0 Å². The third kappa shape index (κ3) is 2.00. The van der Waals surface area contributed by atoms with E-state index in [0.717, 1.165) is 25.7 Å². The zero-order chi connectivity index (χ0) is 14.5. The predicted molar refractivity (Wildman–Crippen MR) is 74.8 cm³/mol. The molecular weight excluding hydrogens is 256 g/mol. The van der Waals surface area contributed by atoms with Crippen molar-refractivity contribution < 1.29 is 19.6 Å². The number of rotatable bonds is 2. The van der Waals surface area contributed by atoms with Crippen LogP contribution in [0.1, 0.15) is 46.5 Å². The molecule has 3 heterocycles. The summed E-state index contributed by atoms with van der Waals surface area (Å²) in [5, 5.41) is 9.84. The number of allylic oxidation sites excluding steroid dienone is 1. The van der Waals surface area contributed by atoms with E-state index in [-0.39, 0.29) is 17.6 Å². The number of hydrogen-bond acceptors (Lipinski definition) is 4. The lowest BCUT2D eigenvalue weighted by Crippen LogP contribution is -2.60. The molecule has 0 amide bonds. The first-order valence-electron chi connectivity index (χ1n) is 7.76. The molecule has 0 aromatic rings. The highest BCUT2D eigenvalue weighted by Gasteiger charge is 2.60. The fourth-order valence-corrected chi connectivity index (χ4v) is 4.43. The molecule has 4 rings (SSSR count). The average molecular weight is 282 g/mol. The van der Waals surface area contributed by atoms with Gasteiger partial charge in [0.25, 0.3) is 0 Å². The molecular formula is C16H26O4. The molecule has 2 bridgehead atoms. The van der Waals surface area contributed by atoms with Crippen LogP contribution in [-0.4, -0.2) is 23.1 Å². The average Bonchev–Trinajstić information content (AvgIpc) is 2.65. The van der Waals surface area contributed by atoms with Gasteiger partial charge in [-0.3, -0.25) is 0 Å². The van der Waals surface area contributed by atoms with E-state index >= 15 is 0 Å². The van der Waals surface area contributed by atoms with Crippen molar-refractivity contribution >= 4 is 0 Å². The van der Waals surface area contributed by atoms with Gasteiger partial charge in [-0.1, -0.05) is 20.4 Å². The first-order valence-corrected chi connectivity index (χ1v) is 7.76. The smallest absolute Gasteiger partial charge is 0.198 e. The number of aliphatic hydroxyl groups is 1. The molecule has 1 unspecified atom stereocenters. The molecule has 0 aromatic carbocycles. The van der Waals surface area contributed by atoms with E-state index in [1.807, 2.05) is 13.8 Å². The number of aliphatic hydroxyl groups excluding tert-OH is 1. The van der Waals surface area contributed by atoms with Crippen LogP contribution >= 0.6 is 0 Å². The Balaban J connectivity index is 1.97. The molecule has 3 aliphatic heterocycles. The first kappa shape index (κ1) is 14.4. The summed E-state index contributed by atoms with van der Waals surface area (Å²) in [4.78, 5) is 11.6. The minimum Gasteiger partial charge on any atom is -0.513 e. The van der Waals surface area contributed by atoms with E-state index in [4.69, 9.17) is 14.5 Å². The van der Waals surface area contributed by atoms with Crippen molar-refractivity contribution in [3.8, 4) is 0 Å². The maximum atomic E-state index is 9.84. The van der Waals surface area contributed by atoms with E-state index in [0.29, 0.717) is 18.4 Å². The van der Waals surface area contributed by atoms with Crippen molar-refractivity contribution in [3.63, 3.8) is 0 Å². The van der Waals surface area contributed by atoms with Gasteiger partial charge in [-0.25, -0.2) is 9.78 Å². The monoisotopic (exact) mass is 282 g/mol.